The number of aryl methyl sites for hydroxylation is 1. The van der Waals surface area contributed by atoms with Gasteiger partial charge in [0.15, 0.2) is 0 Å². The fourth-order valence-electron chi connectivity index (χ4n) is 4.82. The predicted octanol–water partition coefficient (Wildman–Crippen LogP) is 2.11. The molecule has 3 unspecified atom stereocenters. The van der Waals surface area contributed by atoms with Crippen LogP contribution in [0, 0.1) is 12.8 Å². The highest BCUT2D eigenvalue weighted by atomic mass is 16.5. The fourth-order valence-corrected chi connectivity index (χ4v) is 4.82. The van der Waals surface area contributed by atoms with Crippen molar-refractivity contribution in [3.8, 4) is 0 Å². The Balaban J connectivity index is 1.29. The number of hydrogen-bond acceptors (Lipinski definition) is 5. The van der Waals surface area contributed by atoms with Gasteiger partial charge in [-0.05, 0) is 50.7 Å². The van der Waals surface area contributed by atoms with Gasteiger partial charge in [-0.15, -0.1) is 0 Å². The van der Waals surface area contributed by atoms with E-state index in [1.807, 2.05) is 0 Å². The minimum absolute atomic E-state index is 0.547. The van der Waals surface area contributed by atoms with E-state index in [-0.39, 0.29) is 0 Å². The summed E-state index contributed by atoms with van der Waals surface area (Å²) in [6.07, 6.45) is 6.45. The molecule has 1 aromatic rings. The van der Waals surface area contributed by atoms with E-state index >= 15 is 0 Å². The summed E-state index contributed by atoms with van der Waals surface area (Å²) in [5.74, 6) is 1.87. The van der Waals surface area contributed by atoms with Crippen LogP contribution in [-0.2, 0) is 4.74 Å². The Labute approximate surface area is 151 Å². The van der Waals surface area contributed by atoms with Crippen molar-refractivity contribution in [3.63, 3.8) is 0 Å². The van der Waals surface area contributed by atoms with Crippen molar-refractivity contribution < 1.29 is 4.74 Å². The summed E-state index contributed by atoms with van der Waals surface area (Å²) in [5, 5.41) is 7.69. The average Bonchev–Trinajstić information content (AvgIpc) is 3.11. The molecule has 2 aliphatic heterocycles. The molecule has 5 heteroatoms. The first-order valence-electron chi connectivity index (χ1n) is 10.1. The number of ether oxygens (including phenoxy) is 1. The van der Waals surface area contributed by atoms with Crippen LogP contribution in [-0.4, -0.2) is 56.0 Å². The second kappa shape index (κ2) is 8.02. The lowest BCUT2D eigenvalue weighted by Crippen LogP contribution is -2.53. The highest BCUT2D eigenvalue weighted by Gasteiger charge is 2.36. The number of hydrogen-bond donors (Lipinski definition) is 2. The van der Waals surface area contributed by atoms with Crippen molar-refractivity contribution in [2.75, 3.05) is 37.7 Å². The molecule has 0 bridgehead atoms. The normalized spacial score (nSPS) is 31.4. The van der Waals surface area contributed by atoms with Crippen LogP contribution in [0.2, 0.25) is 0 Å². The van der Waals surface area contributed by atoms with Gasteiger partial charge in [0.05, 0.1) is 13.2 Å². The molecule has 1 aliphatic carbocycles. The van der Waals surface area contributed by atoms with Crippen LogP contribution >= 0.6 is 0 Å². The third-order valence-electron chi connectivity index (χ3n) is 6.18. The van der Waals surface area contributed by atoms with Crippen molar-refractivity contribution in [1.82, 2.24) is 15.6 Å². The highest BCUT2D eigenvalue weighted by Crippen LogP contribution is 2.31. The van der Waals surface area contributed by atoms with E-state index < -0.39 is 0 Å². The van der Waals surface area contributed by atoms with Gasteiger partial charge in [0.2, 0.25) is 0 Å². The zero-order valence-corrected chi connectivity index (χ0v) is 15.4. The third kappa shape index (κ3) is 4.15. The number of aromatic nitrogens is 1. The lowest BCUT2D eigenvalue weighted by Gasteiger charge is -2.38. The molecule has 2 saturated heterocycles. The molecule has 3 aliphatic rings. The van der Waals surface area contributed by atoms with Gasteiger partial charge in [-0.2, -0.15) is 0 Å². The second-order valence-corrected chi connectivity index (χ2v) is 7.90. The van der Waals surface area contributed by atoms with Crippen molar-refractivity contribution >= 4 is 5.82 Å². The first kappa shape index (κ1) is 17.3. The minimum Gasteiger partial charge on any atom is -0.379 e. The van der Waals surface area contributed by atoms with E-state index in [0.717, 1.165) is 50.3 Å². The summed E-state index contributed by atoms with van der Waals surface area (Å²) in [5.41, 5.74) is 1.11. The lowest BCUT2D eigenvalue weighted by molar-refractivity contribution is 0.0514. The van der Waals surface area contributed by atoms with Gasteiger partial charge in [0.25, 0.3) is 0 Å². The van der Waals surface area contributed by atoms with Crippen molar-refractivity contribution in [1.29, 1.82) is 0 Å². The van der Waals surface area contributed by atoms with Crippen LogP contribution in [0.4, 0.5) is 5.82 Å². The summed E-state index contributed by atoms with van der Waals surface area (Å²) >= 11 is 0. The maximum atomic E-state index is 5.70. The van der Waals surface area contributed by atoms with Gasteiger partial charge >= 0.3 is 0 Å². The molecule has 3 fully saturated rings. The molecule has 1 saturated carbocycles. The van der Waals surface area contributed by atoms with E-state index in [4.69, 9.17) is 4.74 Å². The maximum absolute atomic E-state index is 5.70. The smallest absolute Gasteiger partial charge is 0.128 e. The standard InChI is InChI=1S/C20H32N4O/c1-15-4-2-7-20(22-15)24-11-8-16(9-12-24)23-18-6-3-5-17(18)19-14-25-13-10-21-19/h2,4,7,16-19,21,23H,3,5-6,8-14H2,1H3. The van der Waals surface area contributed by atoms with Crippen molar-refractivity contribution in [3.05, 3.63) is 23.9 Å². The highest BCUT2D eigenvalue weighted by molar-refractivity contribution is 5.39. The Morgan fingerprint density at radius 1 is 1.20 bits per heavy atom. The number of pyridine rings is 1. The van der Waals surface area contributed by atoms with Crippen LogP contribution < -0.4 is 15.5 Å². The number of nitrogens with zero attached hydrogens (tertiary/aromatic N) is 2. The SMILES string of the molecule is Cc1cccc(N2CCC(NC3CCCC3C3COCCN3)CC2)n1. The molecule has 2 N–H and O–H groups in total. The van der Waals surface area contributed by atoms with Gasteiger partial charge in [0, 0.05) is 43.5 Å². The summed E-state index contributed by atoms with van der Waals surface area (Å²) < 4.78 is 5.70. The predicted molar refractivity (Wildman–Crippen MR) is 101 cm³/mol. The molecule has 138 valence electrons. The Morgan fingerprint density at radius 2 is 2.08 bits per heavy atom. The van der Waals surface area contributed by atoms with Gasteiger partial charge in [-0.25, -0.2) is 4.98 Å². The van der Waals surface area contributed by atoms with Crippen LogP contribution in [0.5, 0.6) is 0 Å². The fraction of sp³-hybridized carbons (Fsp3) is 0.750. The van der Waals surface area contributed by atoms with E-state index in [1.165, 1.54) is 32.1 Å². The summed E-state index contributed by atoms with van der Waals surface area (Å²) in [6, 6.07) is 8.18. The molecule has 5 nitrogen and oxygen atoms in total. The topological polar surface area (TPSA) is 49.4 Å². The molecule has 1 aromatic heterocycles. The summed E-state index contributed by atoms with van der Waals surface area (Å²) in [4.78, 5) is 7.12. The van der Waals surface area contributed by atoms with Gasteiger partial charge in [-0.1, -0.05) is 12.5 Å². The molecule has 3 atom stereocenters. The first-order chi connectivity index (χ1) is 12.3. The molecular formula is C20H32N4O. The number of morpholine rings is 1. The molecule has 0 spiro atoms. The molecule has 25 heavy (non-hydrogen) atoms. The van der Waals surface area contributed by atoms with Crippen LogP contribution in [0.3, 0.4) is 0 Å². The van der Waals surface area contributed by atoms with Crippen molar-refractivity contribution in [2.24, 2.45) is 5.92 Å². The quantitative estimate of drug-likeness (QED) is 0.876. The first-order valence-corrected chi connectivity index (χ1v) is 10.1. The second-order valence-electron chi connectivity index (χ2n) is 7.90. The van der Waals surface area contributed by atoms with Gasteiger partial charge in [-0.3, -0.25) is 0 Å². The monoisotopic (exact) mass is 344 g/mol. The van der Waals surface area contributed by atoms with E-state index in [1.54, 1.807) is 0 Å². The number of anilines is 1. The van der Waals surface area contributed by atoms with Gasteiger partial charge in [0.1, 0.15) is 5.82 Å². The molecular weight excluding hydrogens is 312 g/mol. The van der Waals surface area contributed by atoms with E-state index in [9.17, 15) is 0 Å². The number of piperidine rings is 1. The van der Waals surface area contributed by atoms with Gasteiger partial charge < -0.3 is 20.3 Å². The average molecular weight is 345 g/mol. The van der Waals surface area contributed by atoms with Crippen LogP contribution in [0.25, 0.3) is 0 Å². The molecule has 3 heterocycles. The van der Waals surface area contributed by atoms with Crippen LogP contribution in [0.1, 0.15) is 37.8 Å². The van der Waals surface area contributed by atoms with Crippen molar-refractivity contribution in [2.45, 2.75) is 57.2 Å². The zero-order chi connectivity index (χ0) is 17.1. The molecule has 4 rings (SSSR count). The Kier molecular flexibility index (Phi) is 5.54. The van der Waals surface area contributed by atoms with E-state index in [0.29, 0.717) is 18.1 Å². The molecule has 0 aromatic carbocycles. The Morgan fingerprint density at radius 3 is 2.84 bits per heavy atom. The zero-order valence-electron chi connectivity index (χ0n) is 15.4. The third-order valence-corrected chi connectivity index (χ3v) is 6.18. The summed E-state index contributed by atoms with van der Waals surface area (Å²) in [7, 11) is 0. The largest absolute Gasteiger partial charge is 0.379 e. The number of nitrogens with one attached hydrogen (secondary N) is 2. The maximum Gasteiger partial charge on any atom is 0.128 e. The minimum atomic E-state index is 0.547. The molecule has 0 amide bonds. The van der Waals surface area contributed by atoms with E-state index in [2.05, 4.69) is 45.6 Å². The van der Waals surface area contributed by atoms with Crippen LogP contribution in [0.15, 0.2) is 18.2 Å². The Bertz CT molecular complexity index is 552. The molecule has 0 radical (unpaired) electrons. The lowest BCUT2D eigenvalue weighted by atomic mass is 9.92. The summed E-state index contributed by atoms with van der Waals surface area (Å²) in [6.45, 7) is 7.05. The Hall–Kier alpha value is -1.17. The number of rotatable bonds is 4.